The fourth-order valence-electron chi connectivity index (χ4n) is 2.24. The number of carboxylic acid groups (broad SMARTS) is 2. The molecule has 0 fully saturated rings. The van der Waals surface area contributed by atoms with Crippen molar-refractivity contribution >= 4 is 29.5 Å². The van der Waals surface area contributed by atoms with Crippen molar-refractivity contribution in [3.8, 4) is 17.1 Å². The van der Waals surface area contributed by atoms with Crippen molar-refractivity contribution in [2.24, 2.45) is 0 Å². The fraction of sp³-hybridized carbons (Fsp3) is 0.278. The number of carbonyl (C=O) groups excluding carboxylic acids is 1. The van der Waals surface area contributed by atoms with Crippen molar-refractivity contribution in [1.29, 1.82) is 0 Å². The summed E-state index contributed by atoms with van der Waals surface area (Å²) in [6, 6.07) is 8.24. The van der Waals surface area contributed by atoms with E-state index in [1.165, 1.54) is 6.07 Å². The van der Waals surface area contributed by atoms with Gasteiger partial charge < -0.3 is 24.7 Å². The van der Waals surface area contributed by atoms with E-state index in [2.05, 4.69) is 5.32 Å². The maximum absolute atomic E-state index is 12.1. The maximum Gasteiger partial charge on any atom is 0.458 e. The molecule has 0 spiro atoms. The number of hydrogen-bond donors (Lipinski definition) is 3. The molecular weight excluding hydrogens is 390 g/mol. The SMILES string of the molecule is O=[S+]CCCOc1ccc(-c2ccc(C(=O)N[C@@H](CC(=O)O)C(=O)O)o2)cc1. The molecule has 0 saturated heterocycles. The molecule has 1 amide bonds. The Hall–Kier alpha value is -3.27. The van der Waals surface area contributed by atoms with Gasteiger partial charge in [0.15, 0.2) is 5.76 Å². The van der Waals surface area contributed by atoms with E-state index in [1.54, 1.807) is 30.3 Å². The van der Waals surface area contributed by atoms with E-state index in [9.17, 15) is 18.6 Å². The second kappa shape index (κ2) is 10.2. The van der Waals surface area contributed by atoms with Gasteiger partial charge in [-0.3, -0.25) is 9.59 Å². The number of rotatable bonds is 11. The zero-order valence-electron chi connectivity index (χ0n) is 14.6. The lowest BCUT2D eigenvalue weighted by Gasteiger charge is -2.10. The minimum absolute atomic E-state index is 0.137. The minimum atomic E-state index is -1.56. The van der Waals surface area contributed by atoms with Gasteiger partial charge in [0, 0.05) is 16.2 Å². The highest BCUT2D eigenvalue weighted by Gasteiger charge is 2.25. The molecule has 9 nitrogen and oxygen atoms in total. The van der Waals surface area contributed by atoms with Crippen LogP contribution < -0.4 is 10.1 Å². The Balaban J connectivity index is 2.00. The summed E-state index contributed by atoms with van der Waals surface area (Å²) in [6.45, 7) is 0.431. The third-order valence-corrected chi connectivity index (χ3v) is 4.05. The third-order valence-electron chi connectivity index (χ3n) is 3.59. The zero-order chi connectivity index (χ0) is 20.5. The number of hydrogen-bond acceptors (Lipinski definition) is 6. The molecule has 0 aliphatic rings. The molecule has 10 heteroatoms. The van der Waals surface area contributed by atoms with Crippen LogP contribution in [0.1, 0.15) is 23.4 Å². The van der Waals surface area contributed by atoms with Crippen molar-refractivity contribution in [1.82, 2.24) is 5.32 Å². The molecule has 28 heavy (non-hydrogen) atoms. The largest absolute Gasteiger partial charge is 0.493 e. The monoisotopic (exact) mass is 408 g/mol. The smallest absolute Gasteiger partial charge is 0.458 e. The molecule has 148 valence electrons. The van der Waals surface area contributed by atoms with Gasteiger partial charge in [-0.25, -0.2) is 4.79 Å². The Bertz CT molecular complexity index is 846. The molecule has 0 unspecified atom stereocenters. The first kappa shape index (κ1) is 21.0. The van der Waals surface area contributed by atoms with Crippen LogP contribution in [0.2, 0.25) is 0 Å². The molecule has 0 radical (unpaired) electrons. The van der Waals surface area contributed by atoms with E-state index in [-0.39, 0.29) is 5.76 Å². The highest BCUT2D eigenvalue weighted by molar-refractivity contribution is 7.65. The summed E-state index contributed by atoms with van der Waals surface area (Å²) in [6.07, 6.45) is -0.102. The molecule has 2 rings (SSSR count). The molecule has 0 aliphatic carbocycles. The third kappa shape index (κ3) is 6.16. The molecule has 3 N–H and O–H groups in total. The fourth-order valence-corrected chi connectivity index (χ4v) is 2.48. The van der Waals surface area contributed by atoms with Crippen LogP contribution in [0.3, 0.4) is 0 Å². The average Bonchev–Trinajstić information content (AvgIpc) is 3.15. The lowest BCUT2D eigenvalue weighted by molar-refractivity contribution is -0.145. The van der Waals surface area contributed by atoms with Crippen LogP contribution in [0, 0.1) is 0 Å². The number of carboxylic acids is 2. The van der Waals surface area contributed by atoms with Crippen LogP contribution in [0.15, 0.2) is 40.8 Å². The lowest BCUT2D eigenvalue weighted by Crippen LogP contribution is -2.42. The number of furan rings is 1. The number of amides is 1. The first-order chi connectivity index (χ1) is 13.4. The Kier molecular flexibility index (Phi) is 7.64. The van der Waals surface area contributed by atoms with Gasteiger partial charge in [0.25, 0.3) is 5.91 Å². The van der Waals surface area contributed by atoms with E-state index in [1.807, 2.05) is 0 Å². The van der Waals surface area contributed by atoms with Crippen LogP contribution in [0.5, 0.6) is 5.75 Å². The maximum atomic E-state index is 12.1. The van der Waals surface area contributed by atoms with E-state index >= 15 is 0 Å². The summed E-state index contributed by atoms with van der Waals surface area (Å²) in [7, 11) is 0. The van der Waals surface area contributed by atoms with Crippen LogP contribution in [0.25, 0.3) is 11.3 Å². The van der Waals surface area contributed by atoms with Crippen molar-refractivity contribution in [3.63, 3.8) is 0 Å². The normalized spacial score (nSPS) is 11.4. The summed E-state index contributed by atoms with van der Waals surface area (Å²) in [5.41, 5.74) is 0.668. The van der Waals surface area contributed by atoms with Crippen LogP contribution in [0.4, 0.5) is 0 Å². The van der Waals surface area contributed by atoms with Gasteiger partial charge in [-0.1, -0.05) is 0 Å². The first-order valence-electron chi connectivity index (χ1n) is 8.24. The van der Waals surface area contributed by atoms with Crippen LogP contribution in [-0.4, -0.2) is 46.5 Å². The molecule has 1 heterocycles. The number of carbonyl (C=O) groups is 3. The molecule has 1 atom stereocenters. The second-order valence-electron chi connectivity index (χ2n) is 5.67. The van der Waals surface area contributed by atoms with Crippen molar-refractivity contribution in [2.45, 2.75) is 18.9 Å². The summed E-state index contributed by atoms with van der Waals surface area (Å²) >= 11 is 0.512. The van der Waals surface area contributed by atoms with E-state index < -0.39 is 30.3 Å². The molecule has 1 aromatic carbocycles. The summed E-state index contributed by atoms with van der Waals surface area (Å²) in [5, 5.41) is 19.8. The molecule has 2 aromatic rings. The summed E-state index contributed by atoms with van der Waals surface area (Å²) < 4.78 is 21.2. The summed E-state index contributed by atoms with van der Waals surface area (Å²) in [5.74, 6) is -2.27. The number of benzene rings is 1. The Morgan fingerprint density at radius 3 is 2.43 bits per heavy atom. The van der Waals surface area contributed by atoms with Gasteiger partial charge in [-0.2, -0.15) is 0 Å². The van der Waals surface area contributed by atoms with Gasteiger partial charge in [-0.05, 0) is 36.4 Å². The minimum Gasteiger partial charge on any atom is -0.493 e. The Morgan fingerprint density at radius 2 is 1.82 bits per heavy atom. The van der Waals surface area contributed by atoms with Gasteiger partial charge in [0.2, 0.25) is 5.75 Å². The second-order valence-corrected chi connectivity index (χ2v) is 6.32. The highest BCUT2D eigenvalue weighted by atomic mass is 32.1. The van der Waals surface area contributed by atoms with E-state index in [0.29, 0.717) is 47.5 Å². The van der Waals surface area contributed by atoms with Crippen molar-refractivity contribution < 1.29 is 38.0 Å². The molecule has 1 aromatic heterocycles. The molecule has 0 aliphatic heterocycles. The van der Waals surface area contributed by atoms with Crippen molar-refractivity contribution in [3.05, 3.63) is 42.2 Å². The Morgan fingerprint density at radius 1 is 1.11 bits per heavy atom. The lowest BCUT2D eigenvalue weighted by atomic mass is 10.2. The van der Waals surface area contributed by atoms with Gasteiger partial charge in [0.05, 0.1) is 13.0 Å². The number of nitrogens with one attached hydrogen (secondary N) is 1. The van der Waals surface area contributed by atoms with Crippen LogP contribution >= 0.6 is 0 Å². The molecule has 0 saturated carbocycles. The van der Waals surface area contributed by atoms with Gasteiger partial charge in [0.1, 0.15) is 17.6 Å². The van der Waals surface area contributed by atoms with Gasteiger partial charge >= 0.3 is 23.6 Å². The van der Waals surface area contributed by atoms with Gasteiger partial charge in [-0.15, -0.1) is 0 Å². The highest BCUT2D eigenvalue weighted by Crippen LogP contribution is 2.24. The quantitative estimate of drug-likeness (QED) is 0.377. The Labute approximate surface area is 163 Å². The number of ether oxygens (including phenoxy) is 1. The number of aliphatic carboxylic acids is 2. The average molecular weight is 408 g/mol. The zero-order valence-corrected chi connectivity index (χ0v) is 15.4. The van der Waals surface area contributed by atoms with Crippen LogP contribution in [-0.2, 0) is 25.5 Å². The molecule has 0 bridgehead atoms. The molecular formula is C18H18NO8S+. The summed E-state index contributed by atoms with van der Waals surface area (Å²) in [4.78, 5) is 33.8. The topological polar surface area (TPSA) is 143 Å². The predicted molar refractivity (Wildman–Crippen MR) is 98.3 cm³/mol. The standard InChI is InChI=1S/C18H17NO8S/c20-16(21)10-13(18(23)24)19-17(22)15-7-6-14(27-15)11-2-4-12(5-3-11)26-8-1-9-28-25/h2-7,13H,1,8-10H2,(H2-,19,20,21,22,23,24)/p+1/t13-/m0/s1. The van der Waals surface area contributed by atoms with E-state index in [0.717, 1.165) is 0 Å². The van der Waals surface area contributed by atoms with Crippen molar-refractivity contribution in [2.75, 3.05) is 12.4 Å². The first-order valence-corrected chi connectivity index (χ1v) is 9.15. The predicted octanol–water partition coefficient (Wildman–Crippen LogP) is 1.80. The van der Waals surface area contributed by atoms with E-state index in [4.69, 9.17) is 19.4 Å².